The second-order valence-electron chi connectivity index (χ2n) is 4.80. The van der Waals surface area contributed by atoms with Gasteiger partial charge in [-0.3, -0.25) is 0 Å². The van der Waals surface area contributed by atoms with E-state index in [4.69, 9.17) is 5.73 Å². The molecule has 3 N–H and O–H groups in total. The normalized spacial score (nSPS) is 10.2. The number of anilines is 2. The molecule has 2 aromatic rings. The second-order valence-corrected chi connectivity index (χ2v) is 5.57. The second kappa shape index (κ2) is 7.66. The Labute approximate surface area is 135 Å². The number of nitrogens with two attached hydrogens (primary N) is 1. The molecule has 0 aliphatic rings. The summed E-state index contributed by atoms with van der Waals surface area (Å²) in [5.41, 5.74) is 8.39. The van der Waals surface area contributed by atoms with Gasteiger partial charge >= 0.3 is 0 Å². The number of nitriles is 1. The SMILES string of the molecule is CCCCNc1nc(SC)nc(-c2cccc(N)c2)c1C#N. The first kappa shape index (κ1) is 16.1. The molecule has 22 heavy (non-hydrogen) atoms. The Kier molecular flexibility index (Phi) is 5.61. The summed E-state index contributed by atoms with van der Waals surface area (Å²) in [6.07, 6.45) is 4.02. The Hall–Kier alpha value is -2.26. The molecule has 0 spiro atoms. The van der Waals surface area contributed by atoms with Crippen LogP contribution >= 0.6 is 11.8 Å². The van der Waals surface area contributed by atoms with Crippen molar-refractivity contribution >= 4 is 23.3 Å². The van der Waals surface area contributed by atoms with Gasteiger partial charge in [-0.15, -0.1) is 0 Å². The third-order valence-corrected chi connectivity index (χ3v) is 3.71. The zero-order chi connectivity index (χ0) is 15.9. The fourth-order valence-corrected chi connectivity index (χ4v) is 2.41. The number of nitrogen functional groups attached to an aromatic ring is 1. The number of hydrogen-bond donors (Lipinski definition) is 2. The van der Waals surface area contributed by atoms with Gasteiger partial charge in [-0.25, -0.2) is 9.97 Å². The molecule has 0 aliphatic carbocycles. The summed E-state index contributed by atoms with van der Waals surface area (Å²) in [6, 6.07) is 9.62. The number of hydrogen-bond acceptors (Lipinski definition) is 6. The standard InChI is InChI=1S/C16H19N5S/c1-3-4-8-19-15-13(10-17)14(20-16(21-15)22-2)11-6-5-7-12(18)9-11/h5-7,9H,3-4,8,18H2,1-2H3,(H,19,20,21). The first-order valence-corrected chi connectivity index (χ1v) is 8.38. The van der Waals surface area contributed by atoms with Crippen molar-refractivity contribution in [3.05, 3.63) is 29.8 Å². The van der Waals surface area contributed by atoms with Crippen LogP contribution in [0.15, 0.2) is 29.4 Å². The minimum absolute atomic E-state index is 0.458. The summed E-state index contributed by atoms with van der Waals surface area (Å²) in [7, 11) is 0. The van der Waals surface area contributed by atoms with Crippen molar-refractivity contribution in [3.8, 4) is 17.3 Å². The van der Waals surface area contributed by atoms with Crippen molar-refractivity contribution in [1.29, 1.82) is 5.26 Å². The van der Waals surface area contributed by atoms with Gasteiger partial charge in [0.2, 0.25) is 0 Å². The minimum Gasteiger partial charge on any atom is -0.399 e. The summed E-state index contributed by atoms with van der Waals surface area (Å²) in [5, 5.41) is 13.4. The molecule has 0 atom stereocenters. The smallest absolute Gasteiger partial charge is 0.189 e. The van der Waals surface area contributed by atoms with Crippen molar-refractivity contribution in [2.75, 3.05) is 23.9 Å². The van der Waals surface area contributed by atoms with Gasteiger partial charge in [-0.1, -0.05) is 37.2 Å². The maximum absolute atomic E-state index is 9.54. The molecule has 6 heteroatoms. The molecule has 2 rings (SSSR count). The highest BCUT2D eigenvalue weighted by molar-refractivity contribution is 7.98. The summed E-state index contributed by atoms with van der Waals surface area (Å²) in [4.78, 5) is 8.93. The van der Waals surface area contributed by atoms with E-state index >= 15 is 0 Å². The highest BCUT2D eigenvalue weighted by Gasteiger charge is 2.15. The minimum atomic E-state index is 0.458. The lowest BCUT2D eigenvalue weighted by Crippen LogP contribution is -2.08. The highest BCUT2D eigenvalue weighted by atomic mass is 32.2. The Bertz CT molecular complexity index is 693. The van der Waals surface area contributed by atoms with Crippen LogP contribution in [-0.4, -0.2) is 22.8 Å². The zero-order valence-electron chi connectivity index (χ0n) is 12.8. The quantitative estimate of drug-likeness (QED) is 0.367. The van der Waals surface area contributed by atoms with Gasteiger partial charge in [-0.2, -0.15) is 5.26 Å². The molecule has 0 saturated heterocycles. The predicted octanol–water partition coefficient (Wildman–Crippen LogP) is 3.53. The number of benzene rings is 1. The van der Waals surface area contributed by atoms with Gasteiger partial charge in [0.1, 0.15) is 17.5 Å². The first-order valence-electron chi connectivity index (χ1n) is 7.15. The van der Waals surface area contributed by atoms with Crippen molar-refractivity contribution < 1.29 is 0 Å². The molecule has 1 aromatic heterocycles. The van der Waals surface area contributed by atoms with E-state index in [9.17, 15) is 5.26 Å². The van der Waals surface area contributed by atoms with Crippen LogP contribution in [0.3, 0.4) is 0 Å². The lowest BCUT2D eigenvalue weighted by Gasteiger charge is -2.12. The van der Waals surface area contributed by atoms with Crippen LogP contribution in [0.5, 0.6) is 0 Å². The van der Waals surface area contributed by atoms with Crippen LogP contribution in [0.4, 0.5) is 11.5 Å². The fraction of sp³-hybridized carbons (Fsp3) is 0.312. The lowest BCUT2D eigenvalue weighted by atomic mass is 10.1. The Morgan fingerprint density at radius 3 is 2.82 bits per heavy atom. The van der Waals surface area contributed by atoms with E-state index in [1.165, 1.54) is 11.8 Å². The Morgan fingerprint density at radius 2 is 2.18 bits per heavy atom. The molecule has 0 fully saturated rings. The van der Waals surface area contributed by atoms with Gasteiger partial charge in [0.05, 0.1) is 5.69 Å². The van der Waals surface area contributed by atoms with Gasteiger partial charge in [-0.05, 0) is 24.8 Å². The van der Waals surface area contributed by atoms with Gasteiger partial charge in [0.15, 0.2) is 5.16 Å². The average molecular weight is 313 g/mol. The van der Waals surface area contributed by atoms with Crippen molar-refractivity contribution in [2.24, 2.45) is 0 Å². The van der Waals surface area contributed by atoms with E-state index < -0.39 is 0 Å². The van der Waals surface area contributed by atoms with Gasteiger partial charge < -0.3 is 11.1 Å². The zero-order valence-corrected chi connectivity index (χ0v) is 13.6. The molecule has 0 aliphatic heterocycles. The molecule has 0 radical (unpaired) electrons. The topological polar surface area (TPSA) is 87.6 Å². The number of nitrogens with zero attached hydrogens (tertiary/aromatic N) is 3. The molecule has 0 bridgehead atoms. The average Bonchev–Trinajstić information content (AvgIpc) is 2.54. The molecular weight excluding hydrogens is 294 g/mol. The molecule has 1 heterocycles. The third-order valence-electron chi connectivity index (χ3n) is 3.17. The van der Waals surface area contributed by atoms with Gasteiger partial charge in [0.25, 0.3) is 0 Å². The molecule has 1 aromatic carbocycles. The van der Waals surface area contributed by atoms with Crippen molar-refractivity contribution in [3.63, 3.8) is 0 Å². The van der Waals surface area contributed by atoms with Crippen LogP contribution in [0.25, 0.3) is 11.3 Å². The van der Waals surface area contributed by atoms with E-state index in [1.54, 1.807) is 0 Å². The largest absolute Gasteiger partial charge is 0.399 e. The van der Waals surface area contributed by atoms with Crippen LogP contribution in [0.1, 0.15) is 25.3 Å². The van der Waals surface area contributed by atoms with E-state index in [0.717, 1.165) is 24.9 Å². The van der Waals surface area contributed by atoms with E-state index in [1.807, 2.05) is 30.5 Å². The van der Waals surface area contributed by atoms with Crippen LogP contribution < -0.4 is 11.1 Å². The molecule has 114 valence electrons. The molecule has 0 saturated carbocycles. The van der Waals surface area contributed by atoms with E-state index in [0.29, 0.717) is 27.9 Å². The molecule has 0 unspecified atom stereocenters. The maximum Gasteiger partial charge on any atom is 0.189 e. The van der Waals surface area contributed by atoms with Crippen LogP contribution in [0, 0.1) is 11.3 Å². The summed E-state index contributed by atoms with van der Waals surface area (Å²) in [6.45, 7) is 2.91. The number of nitrogens with one attached hydrogen (secondary N) is 1. The molecular formula is C16H19N5S. The molecule has 5 nitrogen and oxygen atoms in total. The fourth-order valence-electron chi connectivity index (χ4n) is 2.04. The van der Waals surface area contributed by atoms with Gasteiger partial charge in [0, 0.05) is 17.8 Å². The van der Waals surface area contributed by atoms with E-state index in [-0.39, 0.29) is 0 Å². The summed E-state index contributed by atoms with van der Waals surface area (Å²) < 4.78 is 0. The van der Waals surface area contributed by atoms with E-state index in [2.05, 4.69) is 28.3 Å². The number of rotatable bonds is 6. The molecule has 0 amide bonds. The monoisotopic (exact) mass is 313 g/mol. The Balaban J connectivity index is 2.52. The number of unbranched alkanes of at least 4 members (excludes halogenated alkanes) is 1. The predicted molar refractivity (Wildman–Crippen MR) is 91.8 cm³/mol. The third kappa shape index (κ3) is 3.68. The lowest BCUT2D eigenvalue weighted by molar-refractivity contribution is 0.825. The van der Waals surface area contributed by atoms with Crippen LogP contribution in [0.2, 0.25) is 0 Å². The van der Waals surface area contributed by atoms with Crippen LogP contribution in [-0.2, 0) is 0 Å². The first-order chi connectivity index (χ1) is 10.7. The summed E-state index contributed by atoms with van der Waals surface area (Å²) in [5.74, 6) is 0.590. The highest BCUT2D eigenvalue weighted by Crippen LogP contribution is 2.29. The number of aromatic nitrogens is 2. The summed E-state index contributed by atoms with van der Waals surface area (Å²) >= 11 is 1.45. The van der Waals surface area contributed by atoms with Crippen molar-refractivity contribution in [1.82, 2.24) is 9.97 Å². The van der Waals surface area contributed by atoms with Crippen molar-refractivity contribution in [2.45, 2.75) is 24.9 Å². The Morgan fingerprint density at radius 1 is 1.36 bits per heavy atom. The number of thioether (sulfide) groups is 1. The maximum atomic E-state index is 9.54.